The Kier molecular flexibility index (Phi) is 15.9. The predicted octanol–water partition coefficient (Wildman–Crippen LogP) is 9.74. The molecule has 0 aliphatic carbocycles. The van der Waals surface area contributed by atoms with E-state index in [1.807, 2.05) is 0 Å². The zero-order chi connectivity index (χ0) is 26.3. The standard InChI is InChI=1S/C8H4N2.6C4H9.2Sn/c1-2-4-8-7(3-1)9-5-6-10-8;6*1-3-4-2;;/h1-4H;6*1,3-4H2,2H3;;. The van der Waals surface area contributed by atoms with Gasteiger partial charge in [0.25, 0.3) is 0 Å². The van der Waals surface area contributed by atoms with Crippen LogP contribution in [-0.2, 0) is 0 Å². The van der Waals surface area contributed by atoms with Crippen LogP contribution in [0.5, 0.6) is 0 Å². The summed E-state index contributed by atoms with van der Waals surface area (Å²) in [5.74, 6) is 0. The van der Waals surface area contributed by atoms with Crippen LogP contribution in [0.25, 0.3) is 11.0 Å². The second-order valence-corrected chi connectivity index (χ2v) is 37.5. The molecule has 36 heavy (non-hydrogen) atoms. The van der Waals surface area contributed by atoms with Crippen molar-refractivity contribution < 1.29 is 0 Å². The normalized spacial score (nSPS) is 12.5. The van der Waals surface area contributed by atoms with Gasteiger partial charge >= 0.3 is 235 Å². The molecule has 2 nitrogen and oxygen atoms in total. The van der Waals surface area contributed by atoms with Crippen LogP contribution < -0.4 is 7.42 Å². The molecular weight excluding hydrogens is 650 g/mol. The molecule has 1 aromatic heterocycles. The Morgan fingerprint density at radius 1 is 0.444 bits per heavy atom. The summed E-state index contributed by atoms with van der Waals surface area (Å²) in [5, 5.41) is 0. The van der Waals surface area contributed by atoms with Crippen LogP contribution in [0.4, 0.5) is 0 Å². The van der Waals surface area contributed by atoms with Crippen molar-refractivity contribution in [1.82, 2.24) is 9.97 Å². The molecule has 0 aliphatic rings. The SMILES string of the molecule is CCC[CH2][Sn]([CH2]CCC)([CH2]CCC)[c]1nc2ccccc2n[c]1[Sn]([CH2]CCC)([CH2]CCC)[CH2]CCC. The monoisotopic (exact) mass is 710 g/mol. The van der Waals surface area contributed by atoms with E-state index in [9.17, 15) is 0 Å². The minimum atomic E-state index is -2.75. The van der Waals surface area contributed by atoms with Crippen LogP contribution in [-0.4, -0.2) is 46.7 Å². The molecule has 1 aromatic carbocycles. The number of para-hydroxylation sites is 2. The van der Waals surface area contributed by atoms with Gasteiger partial charge in [0.05, 0.1) is 0 Å². The van der Waals surface area contributed by atoms with Gasteiger partial charge in [-0.1, -0.05) is 0 Å². The first kappa shape index (κ1) is 32.4. The van der Waals surface area contributed by atoms with E-state index in [4.69, 9.17) is 9.97 Å². The fraction of sp³-hybridized carbons (Fsp3) is 0.750. The van der Waals surface area contributed by atoms with E-state index in [1.165, 1.54) is 115 Å². The molecule has 204 valence electrons. The van der Waals surface area contributed by atoms with E-state index in [2.05, 4.69) is 65.8 Å². The average molecular weight is 708 g/mol. The van der Waals surface area contributed by atoms with Gasteiger partial charge in [-0.2, -0.15) is 0 Å². The van der Waals surface area contributed by atoms with Gasteiger partial charge in [-0.15, -0.1) is 0 Å². The third kappa shape index (κ3) is 8.85. The Bertz CT molecular complexity index is 752. The molecule has 0 saturated heterocycles. The van der Waals surface area contributed by atoms with Gasteiger partial charge in [-0.05, 0) is 0 Å². The first-order valence-electron chi connectivity index (χ1n) is 15.8. The topological polar surface area (TPSA) is 25.8 Å². The van der Waals surface area contributed by atoms with Gasteiger partial charge in [-0.25, -0.2) is 0 Å². The Balaban J connectivity index is 2.89. The third-order valence-electron chi connectivity index (χ3n) is 8.63. The molecule has 0 radical (unpaired) electrons. The summed E-state index contributed by atoms with van der Waals surface area (Å²) >= 11 is -5.49. The van der Waals surface area contributed by atoms with Gasteiger partial charge in [0.1, 0.15) is 0 Å². The number of aromatic nitrogens is 2. The Labute approximate surface area is 233 Å². The number of unbranched alkanes of at least 4 members (excludes halogenated alkanes) is 6. The van der Waals surface area contributed by atoms with Crippen LogP contribution in [0.3, 0.4) is 0 Å². The van der Waals surface area contributed by atoms with Gasteiger partial charge < -0.3 is 0 Å². The summed E-state index contributed by atoms with van der Waals surface area (Å²) in [7, 11) is 0. The summed E-state index contributed by atoms with van der Waals surface area (Å²) in [5.41, 5.74) is 2.37. The van der Waals surface area contributed by atoms with Crippen LogP contribution in [0.1, 0.15) is 119 Å². The average Bonchev–Trinajstić information content (AvgIpc) is 2.92. The summed E-state index contributed by atoms with van der Waals surface area (Å²) in [4.78, 5) is 11.6. The molecule has 4 heteroatoms. The van der Waals surface area contributed by atoms with Gasteiger partial charge in [-0.3, -0.25) is 0 Å². The molecule has 0 fully saturated rings. The van der Waals surface area contributed by atoms with Crippen molar-refractivity contribution in [2.75, 3.05) is 0 Å². The summed E-state index contributed by atoms with van der Waals surface area (Å²) in [6.45, 7) is 14.4. The molecule has 2 aromatic rings. The molecule has 0 N–H and O–H groups in total. The second kappa shape index (κ2) is 17.7. The molecular formula is C32H58N2Sn2. The Morgan fingerprint density at radius 2 is 0.694 bits per heavy atom. The first-order chi connectivity index (χ1) is 17.6. The number of hydrogen-bond acceptors (Lipinski definition) is 2. The van der Waals surface area contributed by atoms with Crippen LogP contribution in [0, 0.1) is 0 Å². The molecule has 0 saturated carbocycles. The number of rotatable bonds is 20. The second-order valence-electron chi connectivity index (χ2n) is 11.6. The van der Waals surface area contributed by atoms with Crippen LogP contribution in [0.2, 0.25) is 26.6 Å². The zero-order valence-corrected chi connectivity index (χ0v) is 30.6. The van der Waals surface area contributed by atoms with Crippen molar-refractivity contribution >= 4 is 55.2 Å². The van der Waals surface area contributed by atoms with E-state index in [0.29, 0.717) is 0 Å². The fourth-order valence-electron chi connectivity index (χ4n) is 6.29. The Morgan fingerprint density at radius 3 is 0.917 bits per heavy atom. The maximum atomic E-state index is 5.78. The van der Waals surface area contributed by atoms with Crippen molar-refractivity contribution in [2.45, 2.75) is 145 Å². The summed E-state index contributed by atoms with van der Waals surface area (Å²) in [6.07, 6.45) is 16.3. The quantitative estimate of drug-likeness (QED) is 0.128. The van der Waals surface area contributed by atoms with E-state index in [1.54, 1.807) is 7.42 Å². The number of benzene rings is 1. The summed E-state index contributed by atoms with van der Waals surface area (Å²) < 4.78 is 12.4. The summed E-state index contributed by atoms with van der Waals surface area (Å²) in [6, 6.07) is 8.88. The molecule has 0 amide bonds. The minimum absolute atomic E-state index is 1.18. The molecule has 0 aliphatic heterocycles. The number of fused-ring (bicyclic) bond motifs is 1. The van der Waals surface area contributed by atoms with Crippen molar-refractivity contribution in [1.29, 1.82) is 0 Å². The van der Waals surface area contributed by atoms with Gasteiger partial charge in [0.15, 0.2) is 0 Å². The fourth-order valence-corrected chi connectivity index (χ4v) is 47.7. The van der Waals surface area contributed by atoms with Crippen molar-refractivity contribution in [2.24, 2.45) is 0 Å². The van der Waals surface area contributed by atoms with Crippen LogP contribution >= 0.6 is 0 Å². The van der Waals surface area contributed by atoms with Crippen molar-refractivity contribution in [3.8, 4) is 0 Å². The predicted molar refractivity (Wildman–Crippen MR) is 169 cm³/mol. The first-order valence-corrected chi connectivity index (χ1v) is 30.8. The maximum absolute atomic E-state index is 5.78. The number of nitrogens with zero attached hydrogens (tertiary/aromatic N) is 2. The van der Waals surface area contributed by atoms with E-state index >= 15 is 0 Å². The molecule has 0 unspecified atom stereocenters. The third-order valence-corrected chi connectivity index (χ3v) is 40.8. The molecule has 0 spiro atoms. The van der Waals surface area contributed by atoms with E-state index in [0.717, 1.165) is 0 Å². The van der Waals surface area contributed by atoms with E-state index in [-0.39, 0.29) is 0 Å². The van der Waals surface area contributed by atoms with Crippen LogP contribution in [0.15, 0.2) is 24.3 Å². The van der Waals surface area contributed by atoms with Crippen molar-refractivity contribution in [3.63, 3.8) is 0 Å². The van der Waals surface area contributed by atoms with Crippen molar-refractivity contribution in [3.05, 3.63) is 24.3 Å². The Hall–Kier alpha value is 0.157. The molecule has 0 bridgehead atoms. The van der Waals surface area contributed by atoms with Gasteiger partial charge in [0, 0.05) is 0 Å². The zero-order valence-electron chi connectivity index (χ0n) is 24.9. The molecule has 0 atom stereocenters. The molecule has 2 rings (SSSR count). The van der Waals surface area contributed by atoms with E-state index < -0.39 is 36.8 Å². The molecule has 1 heterocycles. The van der Waals surface area contributed by atoms with Gasteiger partial charge in [0.2, 0.25) is 0 Å². The number of hydrogen-bond donors (Lipinski definition) is 0.